The SMILES string of the molecule is O=C(Nc1cc(F)ccc1F)N1CCN(c2ccc(N3CCN(CCO)CC3)nn2)CC1. The molecule has 1 aromatic carbocycles. The molecule has 11 heteroatoms. The normalized spacial score (nSPS) is 17.5. The molecule has 2 saturated heterocycles. The first kappa shape index (κ1) is 22.2. The molecule has 2 amide bonds. The van der Waals surface area contributed by atoms with Crippen LogP contribution in [0.5, 0.6) is 0 Å². The van der Waals surface area contributed by atoms with E-state index in [-0.39, 0.29) is 12.3 Å². The van der Waals surface area contributed by atoms with Gasteiger partial charge in [-0.25, -0.2) is 13.6 Å². The number of benzene rings is 1. The molecule has 0 bridgehead atoms. The summed E-state index contributed by atoms with van der Waals surface area (Å²) in [6.07, 6.45) is 0. The Balaban J connectivity index is 1.28. The fourth-order valence-electron chi connectivity index (χ4n) is 3.92. The number of hydrogen-bond donors (Lipinski definition) is 2. The second kappa shape index (κ2) is 10.0. The number of nitrogens with one attached hydrogen (secondary N) is 1. The lowest BCUT2D eigenvalue weighted by Gasteiger charge is -2.36. The highest BCUT2D eigenvalue weighted by molar-refractivity contribution is 5.89. The van der Waals surface area contributed by atoms with Crippen molar-refractivity contribution in [3.05, 3.63) is 42.0 Å². The Kier molecular flexibility index (Phi) is 6.96. The molecule has 2 aliphatic heterocycles. The van der Waals surface area contributed by atoms with Crippen molar-refractivity contribution in [2.24, 2.45) is 0 Å². The number of aliphatic hydroxyl groups excluding tert-OH is 1. The Morgan fingerprint density at radius 1 is 0.906 bits per heavy atom. The Hall–Kier alpha value is -3.05. The number of β-amino-alcohol motifs (C(OH)–C–C–N with tert-alkyl or cyclic N) is 1. The minimum absolute atomic E-state index is 0.170. The predicted octanol–water partition coefficient (Wildman–Crippen LogP) is 1.22. The molecule has 0 radical (unpaired) electrons. The zero-order valence-corrected chi connectivity index (χ0v) is 17.8. The fourth-order valence-corrected chi connectivity index (χ4v) is 3.92. The zero-order chi connectivity index (χ0) is 22.5. The number of carbonyl (C=O) groups excluding carboxylic acids is 1. The molecule has 0 atom stereocenters. The third kappa shape index (κ3) is 5.22. The van der Waals surface area contributed by atoms with Crippen molar-refractivity contribution in [2.75, 3.05) is 80.6 Å². The van der Waals surface area contributed by atoms with Crippen LogP contribution in [0.4, 0.5) is 30.9 Å². The minimum Gasteiger partial charge on any atom is -0.395 e. The number of aromatic nitrogens is 2. The van der Waals surface area contributed by atoms with Gasteiger partial charge in [0.05, 0.1) is 12.3 Å². The van der Waals surface area contributed by atoms with Gasteiger partial charge >= 0.3 is 6.03 Å². The summed E-state index contributed by atoms with van der Waals surface area (Å²) in [6.45, 7) is 6.30. The Morgan fingerprint density at radius 2 is 1.50 bits per heavy atom. The van der Waals surface area contributed by atoms with E-state index >= 15 is 0 Å². The van der Waals surface area contributed by atoms with Crippen LogP contribution in [0.15, 0.2) is 30.3 Å². The van der Waals surface area contributed by atoms with Crippen LogP contribution in [0, 0.1) is 11.6 Å². The van der Waals surface area contributed by atoms with E-state index < -0.39 is 17.7 Å². The number of rotatable bonds is 5. The fraction of sp³-hybridized carbons (Fsp3) is 0.476. The van der Waals surface area contributed by atoms with E-state index in [0.717, 1.165) is 56.0 Å². The van der Waals surface area contributed by atoms with Crippen molar-refractivity contribution in [1.82, 2.24) is 20.0 Å². The van der Waals surface area contributed by atoms with Crippen molar-refractivity contribution in [3.8, 4) is 0 Å². The number of aliphatic hydroxyl groups is 1. The number of carbonyl (C=O) groups is 1. The Bertz CT molecular complexity index is 915. The molecule has 1 aromatic heterocycles. The summed E-state index contributed by atoms with van der Waals surface area (Å²) in [5.74, 6) is 0.278. The van der Waals surface area contributed by atoms with Crippen LogP contribution in [0.3, 0.4) is 0 Å². The summed E-state index contributed by atoms with van der Waals surface area (Å²) >= 11 is 0. The molecule has 2 N–H and O–H groups in total. The quantitative estimate of drug-likeness (QED) is 0.713. The molecule has 0 aliphatic carbocycles. The van der Waals surface area contributed by atoms with E-state index in [1.807, 2.05) is 17.0 Å². The molecule has 0 saturated carbocycles. The monoisotopic (exact) mass is 447 g/mol. The second-order valence-electron chi connectivity index (χ2n) is 7.83. The first-order valence-corrected chi connectivity index (χ1v) is 10.7. The molecule has 2 aliphatic rings. The molecule has 3 heterocycles. The Labute approximate surface area is 185 Å². The van der Waals surface area contributed by atoms with Gasteiger partial charge in [-0.3, -0.25) is 4.90 Å². The molecule has 32 heavy (non-hydrogen) atoms. The smallest absolute Gasteiger partial charge is 0.322 e. The molecule has 9 nitrogen and oxygen atoms in total. The van der Waals surface area contributed by atoms with E-state index in [2.05, 4.69) is 25.3 Å². The van der Waals surface area contributed by atoms with E-state index in [0.29, 0.717) is 32.7 Å². The first-order valence-electron chi connectivity index (χ1n) is 10.7. The standard InChI is InChI=1S/C21H27F2N7O2/c22-16-1-2-17(23)18(15-16)24-21(32)30-11-9-29(10-12-30)20-4-3-19(25-26-20)28-7-5-27(6-8-28)13-14-31/h1-4,15,31H,5-14H2,(H,24,32). The first-order chi connectivity index (χ1) is 15.5. The average Bonchev–Trinajstić information content (AvgIpc) is 2.82. The van der Waals surface area contributed by atoms with Crippen molar-refractivity contribution in [1.29, 1.82) is 0 Å². The summed E-state index contributed by atoms with van der Waals surface area (Å²) in [5, 5.41) is 20.2. The van der Waals surface area contributed by atoms with Gasteiger partial charge in [-0.2, -0.15) is 0 Å². The topological polar surface area (TPSA) is 88.1 Å². The van der Waals surface area contributed by atoms with Gasteiger partial charge in [0.1, 0.15) is 11.6 Å². The maximum absolute atomic E-state index is 13.8. The predicted molar refractivity (Wildman–Crippen MR) is 117 cm³/mol. The third-order valence-electron chi connectivity index (χ3n) is 5.81. The van der Waals surface area contributed by atoms with Crippen LogP contribution in [0.25, 0.3) is 0 Å². The van der Waals surface area contributed by atoms with Crippen molar-refractivity contribution >= 4 is 23.4 Å². The number of urea groups is 1. The van der Waals surface area contributed by atoms with E-state index in [1.54, 1.807) is 4.90 Å². The van der Waals surface area contributed by atoms with Crippen LogP contribution < -0.4 is 15.1 Å². The number of anilines is 3. The minimum atomic E-state index is -0.677. The third-order valence-corrected chi connectivity index (χ3v) is 5.81. The van der Waals surface area contributed by atoms with Crippen molar-refractivity contribution < 1.29 is 18.7 Å². The summed E-state index contributed by atoms with van der Waals surface area (Å²) in [4.78, 5) is 20.4. The second-order valence-corrected chi connectivity index (χ2v) is 7.83. The number of piperazine rings is 2. The highest BCUT2D eigenvalue weighted by Gasteiger charge is 2.24. The molecule has 0 unspecified atom stereocenters. The van der Waals surface area contributed by atoms with E-state index in [1.165, 1.54) is 0 Å². The van der Waals surface area contributed by atoms with Gasteiger partial charge in [-0.15, -0.1) is 10.2 Å². The highest BCUT2D eigenvalue weighted by atomic mass is 19.1. The largest absolute Gasteiger partial charge is 0.395 e. The number of nitrogens with zero attached hydrogens (tertiary/aromatic N) is 6. The van der Waals surface area contributed by atoms with Gasteiger partial charge in [-0.05, 0) is 24.3 Å². The average molecular weight is 447 g/mol. The maximum atomic E-state index is 13.8. The molecule has 4 rings (SSSR count). The van der Waals surface area contributed by atoms with E-state index in [4.69, 9.17) is 5.11 Å². The summed E-state index contributed by atoms with van der Waals surface area (Å²) in [6, 6.07) is 6.38. The van der Waals surface area contributed by atoms with Crippen molar-refractivity contribution in [2.45, 2.75) is 0 Å². The number of halogens is 2. The lowest BCUT2D eigenvalue weighted by Crippen LogP contribution is -2.50. The van der Waals surface area contributed by atoms with Gasteiger partial charge < -0.3 is 25.1 Å². The highest BCUT2D eigenvalue weighted by Crippen LogP contribution is 2.19. The van der Waals surface area contributed by atoms with E-state index in [9.17, 15) is 13.6 Å². The molecule has 0 spiro atoms. The van der Waals surface area contributed by atoms with Crippen molar-refractivity contribution in [3.63, 3.8) is 0 Å². The molecular weight excluding hydrogens is 420 g/mol. The van der Waals surface area contributed by atoms with Gasteiger partial charge in [-0.1, -0.05) is 0 Å². The summed E-state index contributed by atoms with van der Waals surface area (Å²) in [5.41, 5.74) is -0.170. The van der Waals surface area contributed by atoms with Crippen LogP contribution in [0.2, 0.25) is 0 Å². The number of amides is 2. The maximum Gasteiger partial charge on any atom is 0.322 e. The lowest BCUT2D eigenvalue weighted by atomic mass is 10.3. The Morgan fingerprint density at radius 3 is 2.06 bits per heavy atom. The zero-order valence-electron chi connectivity index (χ0n) is 17.8. The molecule has 172 valence electrons. The lowest BCUT2D eigenvalue weighted by molar-refractivity contribution is 0.188. The van der Waals surface area contributed by atoms with Crippen LogP contribution in [-0.2, 0) is 0 Å². The molecule has 2 aromatic rings. The van der Waals surface area contributed by atoms with Crippen LogP contribution in [0.1, 0.15) is 0 Å². The van der Waals surface area contributed by atoms with Crippen LogP contribution >= 0.6 is 0 Å². The van der Waals surface area contributed by atoms with Gasteiger partial charge in [0.15, 0.2) is 11.6 Å². The van der Waals surface area contributed by atoms with Gasteiger partial charge in [0.25, 0.3) is 0 Å². The molecular formula is C21H27F2N7O2. The van der Waals surface area contributed by atoms with Gasteiger partial charge in [0, 0.05) is 65.0 Å². The van der Waals surface area contributed by atoms with Crippen LogP contribution in [-0.4, -0.2) is 96.6 Å². The van der Waals surface area contributed by atoms with Gasteiger partial charge in [0.2, 0.25) is 0 Å². The summed E-state index contributed by atoms with van der Waals surface area (Å²) < 4.78 is 27.1. The summed E-state index contributed by atoms with van der Waals surface area (Å²) in [7, 11) is 0. The molecule has 2 fully saturated rings. The number of hydrogen-bond acceptors (Lipinski definition) is 7.